The Morgan fingerprint density at radius 3 is 1.78 bits per heavy atom. The van der Waals surface area contributed by atoms with Gasteiger partial charge in [0.05, 0.1) is 19.8 Å². The SMILES string of the molecule is CCOP(=O)(OCC)[C@@H](O)[C@@H](O)[C@H](O)[C@H](O)CO. The van der Waals surface area contributed by atoms with Crippen LogP contribution in [-0.4, -0.2) is 69.5 Å². The van der Waals surface area contributed by atoms with E-state index in [4.69, 9.17) is 19.3 Å². The van der Waals surface area contributed by atoms with Crippen LogP contribution in [0.5, 0.6) is 0 Å². The van der Waals surface area contributed by atoms with Crippen LogP contribution in [0.4, 0.5) is 0 Å². The van der Waals surface area contributed by atoms with Crippen molar-refractivity contribution in [3.63, 3.8) is 0 Å². The Labute approximate surface area is 105 Å². The van der Waals surface area contributed by atoms with Gasteiger partial charge in [0.1, 0.15) is 18.3 Å². The third-order valence-corrected chi connectivity index (χ3v) is 4.37. The predicted octanol–water partition coefficient (Wildman–Crippen LogP) is -1.35. The average molecular weight is 288 g/mol. The molecule has 18 heavy (non-hydrogen) atoms. The highest BCUT2D eigenvalue weighted by molar-refractivity contribution is 7.54. The quantitative estimate of drug-likeness (QED) is 0.328. The Morgan fingerprint density at radius 2 is 1.44 bits per heavy atom. The third-order valence-electron chi connectivity index (χ3n) is 2.18. The molecule has 0 rings (SSSR count). The molecule has 8 nitrogen and oxygen atoms in total. The van der Waals surface area contributed by atoms with E-state index < -0.39 is 38.4 Å². The Kier molecular flexibility index (Phi) is 8.16. The maximum Gasteiger partial charge on any atom is 0.361 e. The van der Waals surface area contributed by atoms with Crippen molar-refractivity contribution in [2.24, 2.45) is 0 Å². The molecule has 0 aliphatic heterocycles. The minimum atomic E-state index is -4.02. The highest BCUT2D eigenvalue weighted by Crippen LogP contribution is 2.53. The Hall–Kier alpha value is -0.0500. The zero-order valence-corrected chi connectivity index (χ0v) is 11.2. The topological polar surface area (TPSA) is 137 Å². The second-order valence-electron chi connectivity index (χ2n) is 3.52. The zero-order chi connectivity index (χ0) is 14.3. The van der Waals surface area contributed by atoms with E-state index >= 15 is 0 Å². The summed E-state index contributed by atoms with van der Waals surface area (Å²) >= 11 is 0. The molecule has 0 aromatic rings. The summed E-state index contributed by atoms with van der Waals surface area (Å²) in [6.45, 7) is 2.16. The van der Waals surface area contributed by atoms with Crippen LogP contribution in [0.1, 0.15) is 13.8 Å². The van der Waals surface area contributed by atoms with E-state index in [-0.39, 0.29) is 13.2 Å². The molecule has 4 atom stereocenters. The van der Waals surface area contributed by atoms with Crippen molar-refractivity contribution in [2.45, 2.75) is 38.0 Å². The van der Waals surface area contributed by atoms with E-state index in [0.717, 1.165) is 0 Å². The first-order valence-corrected chi connectivity index (χ1v) is 7.17. The molecule has 110 valence electrons. The summed E-state index contributed by atoms with van der Waals surface area (Å²) in [5.74, 6) is -2.02. The lowest BCUT2D eigenvalue weighted by atomic mass is 10.1. The van der Waals surface area contributed by atoms with Gasteiger partial charge in [-0.05, 0) is 13.8 Å². The van der Waals surface area contributed by atoms with Gasteiger partial charge < -0.3 is 34.6 Å². The van der Waals surface area contributed by atoms with E-state index in [1.807, 2.05) is 0 Å². The van der Waals surface area contributed by atoms with Crippen LogP contribution in [0.2, 0.25) is 0 Å². The lowest BCUT2D eigenvalue weighted by molar-refractivity contribution is -0.103. The van der Waals surface area contributed by atoms with Crippen molar-refractivity contribution in [1.29, 1.82) is 0 Å². The van der Waals surface area contributed by atoms with Crippen molar-refractivity contribution >= 4 is 7.60 Å². The average Bonchev–Trinajstić information content (AvgIpc) is 2.35. The molecule has 0 radical (unpaired) electrons. The van der Waals surface area contributed by atoms with E-state index in [0.29, 0.717) is 0 Å². The van der Waals surface area contributed by atoms with Crippen molar-refractivity contribution in [1.82, 2.24) is 0 Å². The van der Waals surface area contributed by atoms with Crippen LogP contribution >= 0.6 is 7.60 Å². The molecule has 0 bridgehead atoms. The Morgan fingerprint density at radius 1 is 1.00 bits per heavy atom. The Bertz CT molecular complexity index is 263. The van der Waals surface area contributed by atoms with Gasteiger partial charge in [0.15, 0.2) is 5.85 Å². The van der Waals surface area contributed by atoms with Gasteiger partial charge in [0.25, 0.3) is 0 Å². The molecule has 0 saturated heterocycles. The molecule has 0 saturated carbocycles. The summed E-state index contributed by atoms with van der Waals surface area (Å²) in [6.07, 6.45) is -5.53. The van der Waals surface area contributed by atoms with Crippen LogP contribution in [-0.2, 0) is 13.6 Å². The summed E-state index contributed by atoms with van der Waals surface area (Å²) in [6, 6.07) is 0. The summed E-state index contributed by atoms with van der Waals surface area (Å²) in [5.41, 5.74) is 0. The van der Waals surface area contributed by atoms with Crippen molar-refractivity contribution in [2.75, 3.05) is 19.8 Å². The van der Waals surface area contributed by atoms with E-state index in [1.54, 1.807) is 0 Å². The standard InChI is InChI=1S/C9H21O8P/c1-3-16-18(15,17-4-2)9(14)8(13)7(12)6(11)5-10/h6-14H,3-5H2,1-2H3/t6-,7-,8+,9-/m1/s1. The lowest BCUT2D eigenvalue weighted by Gasteiger charge is -2.29. The van der Waals surface area contributed by atoms with E-state index in [9.17, 15) is 19.9 Å². The first-order chi connectivity index (χ1) is 8.33. The maximum atomic E-state index is 12.1. The molecular weight excluding hydrogens is 267 g/mol. The molecule has 0 aliphatic rings. The molecule has 0 aromatic heterocycles. The number of aliphatic hydroxyl groups excluding tert-OH is 5. The molecule has 0 amide bonds. The minimum Gasteiger partial charge on any atom is -0.394 e. The summed E-state index contributed by atoms with van der Waals surface area (Å²) < 4.78 is 21.6. The minimum absolute atomic E-state index is 0.0281. The van der Waals surface area contributed by atoms with Gasteiger partial charge in [-0.15, -0.1) is 0 Å². The van der Waals surface area contributed by atoms with Gasteiger partial charge in [-0.3, -0.25) is 4.57 Å². The number of hydrogen-bond acceptors (Lipinski definition) is 8. The lowest BCUT2D eigenvalue weighted by Crippen LogP contribution is -2.46. The molecule has 5 N–H and O–H groups in total. The highest BCUT2D eigenvalue weighted by atomic mass is 31.2. The van der Waals surface area contributed by atoms with Gasteiger partial charge in [0, 0.05) is 0 Å². The fraction of sp³-hybridized carbons (Fsp3) is 1.00. The predicted molar refractivity (Wildman–Crippen MR) is 62.0 cm³/mol. The molecule has 0 unspecified atom stereocenters. The fourth-order valence-corrected chi connectivity index (χ4v) is 2.90. The molecule has 0 fully saturated rings. The van der Waals surface area contributed by atoms with Crippen LogP contribution in [0.3, 0.4) is 0 Å². The van der Waals surface area contributed by atoms with Gasteiger partial charge in [0.2, 0.25) is 0 Å². The first kappa shape index (κ1) is 17.9. The number of aliphatic hydroxyl groups is 5. The summed E-state index contributed by atoms with van der Waals surface area (Å²) in [7, 11) is -4.02. The summed E-state index contributed by atoms with van der Waals surface area (Å²) in [5, 5.41) is 46.4. The molecular formula is C9H21O8P. The number of rotatable bonds is 9. The van der Waals surface area contributed by atoms with Gasteiger partial charge in [-0.25, -0.2) is 0 Å². The second kappa shape index (κ2) is 8.19. The van der Waals surface area contributed by atoms with Gasteiger partial charge in [-0.2, -0.15) is 0 Å². The molecule has 0 spiro atoms. The summed E-state index contributed by atoms with van der Waals surface area (Å²) in [4.78, 5) is 0. The van der Waals surface area contributed by atoms with Crippen molar-refractivity contribution in [3.8, 4) is 0 Å². The largest absolute Gasteiger partial charge is 0.394 e. The number of hydrogen-bond donors (Lipinski definition) is 5. The smallest absolute Gasteiger partial charge is 0.361 e. The van der Waals surface area contributed by atoms with E-state index in [1.165, 1.54) is 13.8 Å². The second-order valence-corrected chi connectivity index (χ2v) is 5.65. The van der Waals surface area contributed by atoms with Crippen LogP contribution < -0.4 is 0 Å². The fourth-order valence-electron chi connectivity index (χ4n) is 1.25. The molecule has 0 aliphatic carbocycles. The van der Waals surface area contributed by atoms with Crippen LogP contribution in [0.15, 0.2) is 0 Å². The van der Waals surface area contributed by atoms with Crippen LogP contribution in [0, 0.1) is 0 Å². The van der Waals surface area contributed by atoms with Crippen LogP contribution in [0.25, 0.3) is 0 Å². The van der Waals surface area contributed by atoms with Gasteiger partial charge >= 0.3 is 7.60 Å². The maximum absolute atomic E-state index is 12.1. The first-order valence-electron chi connectivity index (χ1n) is 5.55. The van der Waals surface area contributed by atoms with Crippen molar-refractivity contribution < 1.29 is 39.1 Å². The van der Waals surface area contributed by atoms with Crippen molar-refractivity contribution in [3.05, 3.63) is 0 Å². The molecule has 9 heteroatoms. The Balaban J connectivity index is 4.86. The third kappa shape index (κ3) is 4.56. The van der Waals surface area contributed by atoms with Gasteiger partial charge in [-0.1, -0.05) is 0 Å². The molecule has 0 heterocycles. The monoisotopic (exact) mass is 288 g/mol. The normalized spacial score (nSPS) is 19.3. The zero-order valence-electron chi connectivity index (χ0n) is 10.3. The highest BCUT2D eigenvalue weighted by Gasteiger charge is 2.43. The molecule has 0 aromatic carbocycles. The van der Waals surface area contributed by atoms with E-state index in [2.05, 4.69) is 0 Å².